The minimum Gasteiger partial charge on any atom is -0.315 e. The summed E-state index contributed by atoms with van der Waals surface area (Å²) in [5.41, 5.74) is 0. The Hall–Kier alpha value is -0.0800. The minimum atomic E-state index is 0.848. The molecule has 0 aliphatic heterocycles. The molecule has 16 heavy (non-hydrogen) atoms. The molecule has 2 nitrogen and oxygen atoms in total. The van der Waals surface area contributed by atoms with E-state index in [1.54, 1.807) is 0 Å². The first-order valence-corrected chi connectivity index (χ1v) is 6.99. The highest BCUT2D eigenvalue weighted by atomic mass is 15.1. The van der Waals surface area contributed by atoms with E-state index in [9.17, 15) is 0 Å². The molecule has 1 aliphatic rings. The van der Waals surface area contributed by atoms with E-state index in [1.165, 1.54) is 38.9 Å². The molecule has 1 saturated carbocycles. The van der Waals surface area contributed by atoms with Crippen LogP contribution in [-0.4, -0.2) is 38.1 Å². The van der Waals surface area contributed by atoms with Crippen LogP contribution in [0.2, 0.25) is 0 Å². The summed E-state index contributed by atoms with van der Waals surface area (Å²) in [4.78, 5) is 2.48. The second-order valence-corrected chi connectivity index (χ2v) is 6.02. The van der Waals surface area contributed by atoms with Crippen LogP contribution in [0.1, 0.15) is 40.0 Å². The predicted molar refractivity (Wildman–Crippen MR) is 71.7 cm³/mol. The summed E-state index contributed by atoms with van der Waals surface area (Å²) in [5.74, 6) is 2.83. The van der Waals surface area contributed by atoms with Gasteiger partial charge in [-0.25, -0.2) is 0 Å². The average Bonchev–Trinajstić information content (AvgIpc) is 2.87. The van der Waals surface area contributed by atoms with Crippen LogP contribution < -0.4 is 5.32 Å². The van der Waals surface area contributed by atoms with E-state index in [-0.39, 0.29) is 0 Å². The average molecular weight is 226 g/mol. The van der Waals surface area contributed by atoms with Crippen LogP contribution in [0, 0.1) is 17.8 Å². The number of hydrogen-bond donors (Lipinski definition) is 1. The lowest BCUT2D eigenvalue weighted by molar-refractivity contribution is 0.312. The summed E-state index contributed by atoms with van der Waals surface area (Å²) >= 11 is 0. The van der Waals surface area contributed by atoms with Crippen molar-refractivity contribution in [1.82, 2.24) is 10.2 Å². The van der Waals surface area contributed by atoms with Gasteiger partial charge in [0.2, 0.25) is 0 Å². The van der Waals surface area contributed by atoms with Crippen molar-refractivity contribution in [3.8, 4) is 0 Å². The number of nitrogens with zero attached hydrogens (tertiary/aromatic N) is 1. The van der Waals surface area contributed by atoms with Gasteiger partial charge in [0.05, 0.1) is 0 Å². The zero-order chi connectivity index (χ0) is 12.0. The van der Waals surface area contributed by atoms with Crippen molar-refractivity contribution < 1.29 is 0 Å². The van der Waals surface area contributed by atoms with Crippen molar-refractivity contribution in [3.05, 3.63) is 0 Å². The molecule has 1 rings (SSSR count). The fraction of sp³-hybridized carbons (Fsp3) is 1.00. The molecule has 96 valence electrons. The number of nitrogens with one attached hydrogen (secondary N) is 1. The Balaban J connectivity index is 1.83. The van der Waals surface area contributed by atoms with Gasteiger partial charge >= 0.3 is 0 Å². The summed E-state index contributed by atoms with van der Waals surface area (Å²) in [6.07, 6.45) is 4.12. The fourth-order valence-electron chi connectivity index (χ4n) is 2.18. The van der Waals surface area contributed by atoms with Crippen LogP contribution in [0.5, 0.6) is 0 Å². The Bertz CT molecular complexity index is 180. The maximum absolute atomic E-state index is 3.53. The third-order valence-corrected chi connectivity index (χ3v) is 3.63. The van der Waals surface area contributed by atoms with Crippen LogP contribution in [-0.2, 0) is 0 Å². The fourth-order valence-corrected chi connectivity index (χ4v) is 2.18. The molecule has 2 atom stereocenters. The Kier molecular flexibility index (Phi) is 6.37. The lowest BCUT2D eigenvalue weighted by Crippen LogP contribution is -2.31. The molecule has 0 spiro atoms. The summed E-state index contributed by atoms with van der Waals surface area (Å²) in [6, 6.07) is 0. The molecular formula is C14H30N2. The molecule has 1 aliphatic carbocycles. The number of hydrogen-bond acceptors (Lipinski definition) is 2. The summed E-state index contributed by atoms with van der Waals surface area (Å²) in [7, 11) is 2.25. The van der Waals surface area contributed by atoms with Crippen LogP contribution in [0.3, 0.4) is 0 Å². The zero-order valence-corrected chi connectivity index (χ0v) is 11.6. The lowest BCUT2D eigenvalue weighted by Gasteiger charge is -2.16. The van der Waals surface area contributed by atoms with E-state index < -0.39 is 0 Å². The van der Waals surface area contributed by atoms with Crippen molar-refractivity contribution >= 4 is 0 Å². The van der Waals surface area contributed by atoms with Crippen LogP contribution in [0.4, 0.5) is 0 Å². The quantitative estimate of drug-likeness (QED) is 0.608. The van der Waals surface area contributed by atoms with E-state index in [2.05, 4.69) is 38.0 Å². The highest BCUT2D eigenvalue weighted by Crippen LogP contribution is 2.37. The van der Waals surface area contributed by atoms with Gasteiger partial charge in [0.1, 0.15) is 0 Å². The molecular weight excluding hydrogens is 196 g/mol. The summed E-state index contributed by atoms with van der Waals surface area (Å²) < 4.78 is 0. The van der Waals surface area contributed by atoms with Crippen molar-refractivity contribution in [3.63, 3.8) is 0 Å². The maximum atomic E-state index is 3.53. The van der Waals surface area contributed by atoms with Gasteiger partial charge in [0.15, 0.2) is 0 Å². The van der Waals surface area contributed by atoms with E-state index in [1.807, 2.05) is 0 Å². The van der Waals surface area contributed by atoms with Gasteiger partial charge in [0, 0.05) is 19.6 Å². The highest BCUT2D eigenvalue weighted by molar-refractivity contribution is 4.84. The van der Waals surface area contributed by atoms with Gasteiger partial charge in [-0.2, -0.15) is 0 Å². The monoisotopic (exact) mass is 226 g/mol. The molecule has 2 unspecified atom stereocenters. The van der Waals surface area contributed by atoms with Crippen molar-refractivity contribution in [2.45, 2.75) is 40.0 Å². The van der Waals surface area contributed by atoms with Gasteiger partial charge in [-0.05, 0) is 50.6 Å². The molecule has 1 N–H and O–H groups in total. The molecule has 0 aromatic carbocycles. The maximum Gasteiger partial charge on any atom is 0.0104 e. The first-order chi connectivity index (χ1) is 7.59. The molecule has 0 saturated heterocycles. The van der Waals surface area contributed by atoms with Gasteiger partial charge in [-0.15, -0.1) is 0 Å². The third-order valence-electron chi connectivity index (χ3n) is 3.63. The van der Waals surface area contributed by atoms with Crippen LogP contribution >= 0.6 is 0 Å². The summed E-state index contributed by atoms with van der Waals surface area (Å²) in [5, 5.41) is 3.53. The van der Waals surface area contributed by atoms with Gasteiger partial charge in [0.25, 0.3) is 0 Å². The van der Waals surface area contributed by atoms with E-state index in [4.69, 9.17) is 0 Å². The topological polar surface area (TPSA) is 15.3 Å². The molecule has 0 aromatic rings. The highest BCUT2D eigenvalue weighted by Gasteiger charge is 2.32. The first-order valence-electron chi connectivity index (χ1n) is 6.99. The summed E-state index contributed by atoms with van der Waals surface area (Å²) in [6.45, 7) is 11.8. The Labute approximate surface area is 102 Å². The van der Waals surface area contributed by atoms with Crippen LogP contribution in [0.15, 0.2) is 0 Å². The largest absolute Gasteiger partial charge is 0.315 e. The second kappa shape index (κ2) is 7.29. The Morgan fingerprint density at radius 1 is 1.31 bits per heavy atom. The Morgan fingerprint density at radius 3 is 2.56 bits per heavy atom. The van der Waals surface area contributed by atoms with Crippen molar-refractivity contribution in [2.24, 2.45) is 17.8 Å². The van der Waals surface area contributed by atoms with Gasteiger partial charge in [-0.1, -0.05) is 20.8 Å². The molecule has 0 heterocycles. The van der Waals surface area contributed by atoms with E-state index in [0.29, 0.717) is 0 Å². The number of rotatable bonds is 9. The molecule has 0 aromatic heterocycles. The van der Waals surface area contributed by atoms with Crippen molar-refractivity contribution in [1.29, 1.82) is 0 Å². The molecule has 0 amide bonds. The van der Waals surface area contributed by atoms with Gasteiger partial charge < -0.3 is 10.2 Å². The SMILES string of the molecule is CC(C)CCCNCCN(C)CC1CC1C. The van der Waals surface area contributed by atoms with E-state index >= 15 is 0 Å². The normalized spacial score (nSPS) is 24.4. The predicted octanol–water partition coefficient (Wildman–Crippen LogP) is 2.60. The second-order valence-electron chi connectivity index (χ2n) is 6.02. The smallest absolute Gasteiger partial charge is 0.0104 e. The number of likely N-dealkylation sites (N-methyl/N-ethyl adjacent to an activating group) is 1. The first kappa shape index (κ1) is 14.0. The Morgan fingerprint density at radius 2 is 2.00 bits per heavy atom. The molecule has 0 bridgehead atoms. The standard InChI is InChI=1S/C14H30N2/c1-12(2)6-5-7-15-8-9-16(4)11-14-10-13(14)3/h12-15H,5-11H2,1-4H3. The zero-order valence-electron chi connectivity index (χ0n) is 11.6. The van der Waals surface area contributed by atoms with Crippen LogP contribution in [0.25, 0.3) is 0 Å². The van der Waals surface area contributed by atoms with Crippen molar-refractivity contribution in [2.75, 3.05) is 33.2 Å². The molecule has 0 radical (unpaired) electrons. The van der Waals surface area contributed by atoms with E-state index in [0.717, 1.165) is 24.3 Å². The van der Waals surface area contributed by atoms with Gasteiger partial charge in [-0.3, -0.25) is 0 Å². The molecule has 2 heteroatoms. The molecule has 1 fully saturated rings. The minimum absolute atomic E-state index is 0.848. The third kappa shape index (κ3) is 6.49. The lowest BCUT2D eigenvalue weighted by atomic mass is 10.1.